The van der Waals surface area contributed by atoms with E-state index in [4.69, 9.17) is 32.0 Å². The number of carbonyl (C=O) groups is 1. The number of hydrogen-bond acceptors (Lipinski definition) is 7. The van der Waals surface area contributed by atoms with E-state index < -0.39 is 42.7 Å². The van der Waals surface area contributed by atoms with Crippen molar-refractivity contribution in [1.29, 1.82) is 0 Å². The van der Waals surface area contributed by atoms with E-state index in [1.54, 1.807) is 0 Å². The molecule has 4 rings (SSSR count). The molecule has 0 N–H and O–H groups in total. The zero-order valence-electron chi connectivity index (χ0n) is 15.2. The van der Waals surface area contributed by atoms with Crippen molar-refractivity contribution in [3.8, 4) is 0 Å². The highest BCUT2D eigenvalue weighted by Gasteiger charge is 2.28. The van der Waals surface area contributed by atoms with Crippen LogP contribution in [0.1, 0.15) is 17.3 Å². The van der Waals surface area contributed by atoms with Crippen molar-refractivity contribution in [2.75, 3.05) is 0 Å². The minimum atomic E-state index is -4.44. The Morgan fingerprint density at radius 1 is 0.613 bits per heavy atom. The molecule has 0 saturated carbocycles. The lowest BCUT2D eigenvalue weighted by molar-refractivity contribution is 0.101. The van der Waals surface area contributed by atoms with Crippen molar-refractivity contribution >= 4 is 97.3 Å². The summed E-state index contributed by atoms with van der Waals surface area (Å²) < 4.78 is 73.3. The van der Waals surface area contributed by atoms with Crippen LogP contribution in [0.25, 0.3) is 32.3 Å². The van der Waals surface area contributed by atoms with Crippen molar-refractivity contribution in [3.63, 3.8) is 0 Å². The zero-order chi connectivity index (χ0) is 23.1. The topological polar surface area (TPSA) is 119 Å². The zero-order valence-corrected chi connectivity index (χ0v) is 19.9. The fourth-order valence-corrected chi connectivity index (χ4v) is 7.09. The second-order valence-corrected chi connectivity index (χ2v) is 14.3. The van der Waals surface area contributed by atoms with Crippen molar-refractivity contribution in [2.45, 2.75) is 21.6 Å². The van der Waals surface area contributed by atoms with E-state index in [-0.39, 0.29) is 42.8 Å². The quantitative estimate of drug-likeness (QED) is 0.212. The molecule has 4 aromatic rings. The smallest absolute Gasteiger partial charge is 0.261 e. The summed E-state index contributed by atoms with van der Waals surface area (Å²) in [7, 11) is 3.49. The third-order valence-corrected chi connectivity index (χ3v) is 9.04. The van der Waals surface area contributed by atoms with Gasteiger partial charge in [-0.1, -0.05) is 24.3 Å². The number of Topliss-reactive ketones (excluding diaryl/α,β-unsaturated/α-hetero) is 1. The van der Waals surface area contributed by atoms with Gasteiger partial charge in [-0.05, 0) is 29.8 Å². The first kappa shape index (κ1) is 22.5. The molecule has 0 atom stereocenters. The summed E-state index contributed by atoms with van der Waals surface area (Å²) in [6.45, 7) is 1.22. The third-order valence-electron chi connectivity index (χ3n) is 4.95. The second-order valence-electron chi connectivity index (χ2n) is 6.74. The maximum absolute atomic E-state index is 12.3. The van der Waals surface area contributed by atoms with Crippen LogP contribution in [0.15, 0.2) is 51.1 Å². The molecule has 0 bridgehead atoms. The predicted octanol–water partition coefficient (Wildman–Crippen LogP) is 4.57. The highest BCUT2D eigenvalue weighted by molar-refractivity contribution is 8.14. The standard InChI is InChI=1S/C18H9Cl3O7S3/c1-8(22)13-6-14(29(19,23)24)10-4-5-12-16(31(21,27)28)7-15(30(20,25)26)11-3-2-9(13)17(10)18(11)12/h2-7H,1H3. The molecule has 0 aliphatic rings. The number of halogens is 3. The molecule has 0 radical (unpaired) electrons. The lowest BCUT2D eigenvalue weighted by atomic mass is 9.91. The molecule has 13 heteroatoms. The van der Waals surface area contributed by atoms with E-state index in [1.807, 2.05) is 0 Å². The molecule has 0 heterocycles. The summed E-state index contributed by atoms with van der Waals surface area (Å²) in [6.07, 6.45) is 0. The first-order valence-electron chi connectivity index (χ1n) is 8.26. The average Bonchev–Trinajstić information content (AvgIpc) is 2.62. The molecule has 4 aromatic carbocycles. The van der Waals surface area contributed by atoms with Gasteiger partial charge in [0.2, 0.25) is 0 Å². The molecule has 0 aliphatic carbocycles. The number of rotatable bonds is 4. The normalized spacial score (nSPS) is 13.4. The Balaban J connectivity index is 2.49. The monoisotopic (exact) mass is 538 g/mol. The van der Waals surface area contributed by atoms with Gasteiger partial charge in [-0.25, -0.2) is 25.3 Å². The van der Waals surface area contributed by atoms with Crippen LogP contribution in [0.2, 0.25) is 0 Å². The van der Waals surface area contributed by atoms with Crippen LogP contribution in [-0.2, 0) is 27.2 Å². The Morgan fingerprint density at radius 3 is 1.29 bits per heavy atom. The van der Waals surface area contributed by atoms with E-state index >= 15 is 0 Å². The maximum atomic E-state index is 12.3. The van der Waals surface area contributed by atoms with Gasteiger partial charge >= 0.3 is 0 Å². The van der Waals surface area contributed by atoms with Crippen LogP contribution in [0.4, 0.5) is 0 Å². The Hall–Kier alpha value is -1.69. The summed E-state index contributed by atoms with van der Waals surface area (Å²) in [6, 6.07) is 7.40. The molecule has 0 spiro atoms. The van der Waals surface area contributed by atoms with Gasteiger partial charge < -0.3 is 0 Å². The van der Waals surface area contributed by atoms with E-state index in [2.05, 4.69) is 0 Å². The van der Waals surface area contributed by atoms with E-state index in [0.29, 0.717) is 0 Å². The van der Waals surface area contributed by atoms with Crippen LogP contribution in [0.3, 0.4) is 0 Å². The van der Waals surface area contributed by atoms with Gasteiger partial charge in [0.25, 0.3) is 27.2 Å². The minimum absolute atomic E-state index is 0.00976. The maximum Gasteiger partial charge on any atom is 0.261 e. The average molecular weight is 540 g/mol. The summed E-state index contributed by atoms with van der Waals surface area (Å²) in [5.74, 6) is -0.477. The van der Waals surface area contributed by atoms with Crippen LogP contribution in [-0.4, -0.2) is 31.0 Å². The lowest BCUT2D eigenvalue weighted by Crippen LogP contribution is -2.04. The lowest BCUT2D eigenvalue weighted by Gasteiger charge is -2.18. The first-order chi connectivity index (χ1) is 14.1. The van der Waals surface area contributed by atoms with Crippen LogP contribution < -0.4 is 0 Å². The van der Waals surface area contributed by atoms with Crippen LogP contribution in [0.5, 0.6) is 0 Å². The molecule has 7 nitrogen and oxygen atoms in total. The fraction of sp³-hybridized carbons (Fsp3) is 0.0556. The van der Waals surface area contributed by atoms with E-state index in [1.165, 1.54) is 31.2 Å². The Morgan fingerprint density at radius 2 is 0.935 bits per heavy atom. The van der Waals surface area contributed by atoms with Gasteiger partial charge in [-0.3, -0.25) is 4.79 Å². The molecule has 0 aliphatic heterocycles. The number of hydrogen-bond donors (Lipinski definition) is 0. The minimum Gasteiger partial charge on any atom is -0.294 e. The second kappa shape index (κ2) is 6.90. The molecular formula is C18H9Cl3O7S3. The molecule has 0 fully saturated rings. The van der Waals surface area contributed by atoms with Crippen LogP contribution >= 0.6 is 32.0 Å². The Bertz CT molecular complexity index is 1720. The number of benzene rings is 4. The summed E-state index contributed by atoms with van der Waals surface area (Å²) in [4.78, 5) is 10.8. The molecular weight excluding hydrogens is 531 g/mol. The molecule has 0 amide bonds. The van der Waals surface area contributed by atoms with Gasteiger partial charge in [-0.15, -0.1) is 0 Å². The summed E-state index contributed by atoms with van der Waals surface area (Å²) >= 11 is 0. The molecule has 162 valence electrons. The van der Waals surface area contributed by atoms with Gasteiger partial charge in [0, 0.05) is 59.2 Å². The first-order valence-corrected chi connectivity index (χ1v) is 15.2. The Labute approximate surface area is 190 Å². The summed E-state index contributed by atoms with van der Waals surface area (Å²) in [5.41, 5.74) is 0.00976. The van der Waals surface area contributed by atoms with Gasteiger partial charge in [0.1, 0.15) is 0 Å². The highest BCUT2D eigenvalue weighted by Crippen LogP contribution is 2.44. The molecule has 31 heavy (non-hydrogen) atoms. The van der Waals surface area contributed by atoms with E-state index in [0.717, 1.165) is 12.1 Å². The summed E-state index contributed by atoms with van der Waals surface area (Å²) in [5, 5.41) is 0.643. The SMILES string of the molecule is CC(=O)c1cc(S(=O)(=O)Cl)c2ccc3c(S(=O)(=O)Cl)cc(S(=O)(=O)Cl)c4ccc1c2c43. The molecule has 0 saturated heterocycles. The largest absolute Gasteiger partial charge is 0.294 e. The fourth-order valence-electron chi connectivity index (χ4n) is 3.79. The third kappa shape index (κ3) is 3.55. The van der Waals surface area contributed by atoms with E-state index in [9.17, 15) is 30.0 Å². The van der Waals surface area contributed by atoms with Gasteiger partial charge in [0.15, 0.2) is 5.78 Å². The van der Waals surface area contributed by atoms with Gasteiger partial charge in [-0.2, -0.15) is 0 Å². The Kier molecular flexibility index (Phi) is 5.01. The molecule has 0 aromatic heterocycles. The number of carbonyl (C=O) groups excluding carboxylic acids is 1. The number of ketones is 1. The predicted molar refractivity (Wildman–Crippen MR) is 119 cm³/mol. The van der Waals surface area contributed by atoms with Crippen molar-refractivity contribution in [3.05, 3.63) is 42.0 Å². The van der Waals surface area contributed by atoms with Crippen molar-refractivity contribution < 1.29 is 30.0 Å². The van der Waals surface area contributed by atoms with Crippen molar-refractivity contribution in [1.82, 2.24) is 0 Å². The van der Waals surface area contributed by atoms with Crippen LogP contribution in [0, 0.1) is 0 Å². The molecule has 0 unspecified atom stereocenters. The van der Waals surface area contributed by atoms with Gasteiger partial charge in [0.05, 0.1) is 14.7 Å². The van der Waals surface area contributed by atoms with Crippen molar-refractivity contribution in [2.24, 2.45) is 0 Å². The highest BCUT2D eigenvalue weighted by atomic mass is 35.7.